The molecule has 0 aliphatic heterocycles. The average molecular weight is 218 g/mol. The van der Waals surface area contributed by atoms with Crippen LogP contribution in [-0.2, 0) is 4.74 Å². The quantitative estimate of drug-likeness (QED) is 0.838. The van der Waals surface area contributed by atoms with E-state index >= 15 is 0 Å². The Kier molecular flexibility index (Phi) is 4.17. The van der Waals surface area contributed by atoms with E-state index in [9.17, 15) is 4.39 Å². The molecule has 1 aromatic rings. The summed E-state index contributed by atoms with van der Waals surface area (Å²) in [7, 11) is 1.62. The van der Waals surface area contributed by atoms with Crippen LogP contribution in [0.5, 0.6) is 0 Å². The molecule has 78 valence electrons. The van der Waals surface area contributed by atoms with Crippen molar-refractivity contribution in [3.63, 3.8) is 0 Å². The highest BCUT2D eigenvalue weighted by molar-refractivity contribution is 6.30. The van der Waals surface area contributed by atoms with Gasteiger partial charge in [0.05, 0.1) is 6.61 Å². The van der Waals surface area contributed by atoms with Crippen molar-refractivity contribution in [2.45, 2.75) is 13.0 Å². The molecule has 14 heavy (non-hydrogen) atoms. The molecule has 0 heterocycles. The second kappa shape index (κ2) is 5.17. The van der Waals surface area contributed by atoms with Crippen molar-refractivity contribution in [3.05, 3.63) is 29.0 Å². The number of rotatable bonds is 4. The first kappa shape index (κ1) is 11.3. The smallest absolute Gasteiger partial charge is 0.126 e. The summed E-state index contributed by atoms with van der Waals surface area (Å²) < 4.78 is 17.9. The zero-order chi connectivity index (χ0) is 10.6. The Bertz CT molecular complexity index is 286. The molecule has 1 unspecified atom stereocenters. The Morgan fingerprint density at radius 2 is 2.21 bits per heavy atom. The van der Waals surface area contributed by atoms with E-state index in [2.05, 4.69) is 5.32 Å². The van der Waals surface area contributed by atoms with Crippen molar-refractivity contribution in [1.29, 1.82) is 0 Å². The Labute approximate surface area is 88.0 Å². The molecule has 1 aromatic carbocycles. The maximum atomic E-state index is 12.9. The van der Waals surface area contributed by atoms with Crippen molar-refractivity contribution in [1.82, 2.24) is 0 Å². The lowest BCUT2D eigenvalue weighted by Crippen LogP contribution is -2.20. The van der Waals surface area contributed by atoms with Crippen LogP contribution in [0, 0.1) is 5.82 Å². The van der Waals surface area contributed by atoms with Crippen molar-refractivity contribution in [3.8, 4) is 0 Å². The SMILES string of the molecule is COCC(C)Nc1cc(F)cc(Cl)c1. The van der Waals surface area contributed by atoms with Crippen LogP contribution in [0.3, 0.4) is 0 Å². The fourth-order valence-corrected chi connectivity index (χ4v) is 1.44. The summed E-state index contributed by atoms with van der Waals surface area (Å²) in [5, 5.41) is 3.46. The molecule has 0 saturated carbocycles. The van der Waals surface area contributed by atoms with E-state index in [4.69, 9.17) is 16.3 Å². The molecule has 0 amide bonds. The summed E-state index contributed by atoms with van der Waals surface area (Å²) in [6, 6.07) is 4.47. The largest absolute Gasteiger partial charge is 0.383 e. The Morgan fingerprint density at radius 1 is 1.50 bits per heavy atom. The predicted molar refractivity (Wildman–Crippen MR) is 56.4 cm³/mol. The summed E-state index contributed by atoms with van der Waals surface area (Å²) in [6.45, 7) is 2.51. The van der Waals surface area contributed by atoms with Crippen LogP contribution in [0.15, 0.2) is 18.2 Å². The third kappa shape index (κ3) is 3.52. The molecule has 0 saturated heterocycles. The average Bonchev–Trinajstić information content (AvgIpc) is 2.01. The number of methoxy groups -OCH3 is 1. The second-order valence-electron chi connectivity index (χ2n) is 3.16. The molecule has 0 spiro atoms. The fraction of sp³-hybridized carbons (Fsp3) is 0.400. The van der Waals surface area contributed by atoms with E-state index in [-0.39, 0.29) is 11.9 Å². The third-order valence-corrected chi connectivity index (χ3v) is 1.91. The maximum absolute atomic E-state index is 12.9. The van der Waals surface area contributed by atoms with Crippen LogP contribution in [-0.4, -0.2) is 19.8 Å². The van der Waals surface area contributed by atoms with Crippen LogP contribution in [0.4, 0.5) is 10.1 Å². The standard InChI is InChI=1S/C10H13ClFNO/c1-7(6-14-2)13-10-4-8(11)3-9(12)5-10/h3-5,7,13H,6H2,1-2H3. The first-order chi connectivity index (χ1) is 6.61. The number of anilines is 1. The highest BCUT2D eigenvalue weighted by atomic mass is 35.5. The lowest BCUT2D eigenvalue weighted by molar-refractivity contribution is 0.190. The normalized spacial score (nSPS) is 12.6. The minimum Gasteiger partial charge on any atom is -0.383 e. The van der Waals surface area contributed by atoms with Gasteiger partial charge in [-0.2, -0.15) is 0 Å². The first-order valence-corrected chi connectivity index (χ1v) is 4.71. The molecule has 4 heteroatoms. The van der Waals surface area contributed by atoms with Gasteiger partial charge in [0.15, 0.2) is 0 Å². The molecule has 0 aromatic heterocycles. The van der Waals surface area contributed by atoms with Gasteiger partial charge in [-0.3, -0.25) is 0 Å². The minimum atomic E-state index is -0.343. The molecule has 1 atom stereocenters. The van der Waals surface area contributed by atoms with E-state index in [0.29, 0.717) is 17.3 Å². The van der Waals surface area contributed by atoms with Crippen molar-refractivity contribution >= 4 is 17.3 Å². The number of ether oxygens (including phenoxy) is 1. The highest BCUT2D eigenvalue weighted by Gasteiger charge is 2.03. The molecule has 0 radical (unpaired) electrons. The van der Waals surface area contributed by atoms with E-state index < -0.39 is 0 Å². The Hall–Kier alpha value is -0.800. The van der Waals surface area contributed by atoms with Crippen LogP contribution in [0.2, 0.25) is 5.02 Å². The summed E-state index contributed by atoms with van der Waals surface area (Å²) >= 11 is 5.70. The molecule has 1 N–H and O–H groups in total. The van der Waals surface area contributed by atoms with Gasteiger partial charge >= 0.3 is 0 Å². The van der Waals surface area contributed by atoms with Gasteiger partial charge in [0, 0.05) is 23.9 Å². The topological polar surface area (TPSA) is 21.3 Å². The zero-order valence-electron chi connectivity index (χ0n) is 8.18. The predicted octanol–water partition coefficient (Wildman–Crippen LogP) is 2.93. The number of benzene rings is 1. The van der Waals surface area contributed by atoms with Gasteiger partial charge in [-0.05, 0) is 25.1 Å². The monoisotopic (exact) mass is 217 g/mol. The van der Waals surface area contributed by atoms with Gasteiger partial charge in [-0.1, -0.05) is 11.6 Å². The van der Waals surface area contributed by atoms with E-state index in [0.717, 1.165) is 0 Å². The van der Waals surface area contributed by atoms with Crippen LogP contribution < -0.4 is 5.32 Å². The van der Waals surface area contributed by atoms with Crippen LogP contribution >= 0.6 is 11.6 Å². The lowest BCUT2D eigenvalue weighted by Gasteiger charge is -2.14. The number of hydrogen-bond donors (Lipinski definition) is 1. The van der Waals surface area contributed by atoms with Crippen LogP contribution in [0.1, 0.15) is 6.92 Å². The van der Waals surface area contributed by atoms with E-state index in [1.165, 1.54) is 12.1 Å². The Balaban J connectivity index is 2.66. The maximum Gasteiger partial charge on any atom is 0.126 e. The van der Waals surface area contributed by atoms with Gasteiger partial charge < -0.3 is 10.1 Å². The van der Waals surface area contributed by atoms with Crippen molar-refractivity contribution < 1.29 is 9.13 Å². The highest BCUT2D eigenvalue weighted by Crippen LogP contribution is 2.18. The van der Waals surface area contributed by atoms with Gasteiger partial charge in [0.25, 0.3) is 0 Å². The van der Waals surface area contributed by atoms with Gasteiger partial charge in [0.1, 0.15) is 5.82 Å². The zero-order valence-corrected chi connectivity index (χ0v) is 8.94. The summed E-state index contributed by atoms with van der Waals surface area (Å²) in [5.74, 6) is -0.343. The van der Waals surface area contributed by atoms with Crippen molar-refractivity contribution in [2.24, 2.45) is 0 Å². The third-order valence-electron chi connectivity index (χ3n) is 1.69. The molecule has 0 bridgehead atoms. The second-order valence-corrected chi connectivity index (χ2v) is 3.60. The summed E-state index contributed by atoms with van der Waals surface area (Å²) in [6.07, 6.45) is 0. The molecule has 2 nitrogen and oxygen atoms in total. The van der Waals surface area contributed by atoms with E-state index in [1.807, 2.05) is 6.92 Å². The molecule has 0 aliphatic rings. The van der Waals surface area contributed by atoms with Crippen LogP contribution in [0.25, 0.3) is 0 Å². The number of nitrogens with one attached hydrogen (secondary N) is 1. The molecule has 0 fully saturated rings. The lowest BCUT2D eigenvalue weighted by atomic mass is 10.2. The molecular formula is C10H13ClFNO. The summed E-state index contributed by atoms with van der Waals surface area (Å²) in [5.41, 5.74) is 0.666. The first-order valence-electron chi connectivity index (χ1n) is 4.33. The van der Waals surface area contributed by atoms with Crippen molar-refractivity contribution in [2.75, 3.05) is 19.0 Å². The number of halogens is 2. The fourth-order valence-electron chi connectivity index (χ4n) is 1.21. The van der Waals surface area contributed by atoms with Gasteiger partial charge in [0.2, 0.25) is 0 Å². The number of hydrogen-bond acceptors (Lipinski definition) is 2. The molecular weight excluding hydrogens is 205 g/mol. The Morgan fingerprint density at radius 3 is 2.79 bits per heavy atom. The van der Waals surface area contributed by atoms with Gasteiger partial charge in [-0.25, -0.2) is 4.39 Å². The minimum absolute atomic E-state index is 0.123. The van der Waals surface area contributed by atoms with Gasteiger partial charge in [-0.15, -0.1) is 0 Å². The summed E-state index contributed by atoms with van der Waals surface area (Å²) in [4.78, 5) is 0. The van der Waals surface area contributed by atoms with E-state index in [1.54, 1.807) is 13.2 Å². The molecule has 0 aliphatic carbocycles. The molecule has 1 rings (SSSR count).